The number of ether oxygens (including phenoxy) is 1. The molecule has 5 heteroatoms. The van der Waals surface area contributed by atoms with Gasteiger partial charge in [-0.05, 0) is 39.8 Å². The number of rotatable bonds is 5. The standard InChI is InChI=1S/C15H19FO3S/c1-10(14(18)19-15(2,3)4)12(17)9-20-13-8-6-5-7-11(13)16/h5-8,10H,9H2,1-4H3. The van der Waals surface area contributed by atoms with Gasteiger partial charge < -0.3 is 4.74 Å². The van der Waals surface area contributed by atoms with Crippen LogP contribution in [-0.4, -0.2) is 23.1 Å². The average Bonchev–Trinajstić information content (AvgIpc) is 2.34. The van der Waals surface area contributed by atoms with Crippen molar-refractivity contribution in [3.63, 3.8) is 0 Å². The Labute approximate surface area is 122 Å². The fourth-order valence-electron chi connectivity index (χ4n) is 1.36. The summed E-state index contributed by atoms with van der Waals surface area (Å²) < 4.78 is 18.6. The molecule has 0 aliphatic rings. The lowest BCUT2D eigenvalue weighted by Gasteiger charge is -2.21. The number of Topliss-reactive ketones (excluding diaryl/α,β-unsaturated/α-hetero) is 1. The van der Waals surface area contributed by atoms with E-state index < -0.39 is 17.5 Å². The average molecular weight is 298 g/mol. The van der Waals surface area contributed by atoms with Crippen molar-refractivity contribution >= 4 is 23.5 Å². The molecule has 0 radical (unpaired) electrons. The second-order valence-electron chi connectivity index (χ2n) is 5.44. The number of hydrogen-bond donors (Lipinski definition) is 0. The normalized spacial score (nSPS) is 12.8. The van der Waals surface area contributed by atoms with Crippen molar-refractivity contribution in [2.75, 3.05) is 5.75 Å². The van der Waals surface area contributed by atoms with E-state index in [1.807, 2.05) is 0 Å². The molecule has 1 aromatic carbocycles. The molecule has 1 rings (SSSR count). The van der Waals surface area contributed by atoms with Crippen molar-refractivity contribution in [3.05, 3.63) is 30.1 Å². The van der Waals surface area contributed by atoms with E-state index in [2.05, 4.69) is 0 Å². The molecule has 0 saturated carbocycles. The zero-order valence-electron chi connectivity index (χ0n) is 12.1. The topological polar surface area (TPSA) is 43.4 Å². The molecule has 1 atom stereocenters. The van der Waals surface area contributed by atoms with Crippen LogP contribution in [0, 0.1) is 11.7 Å². The molecule has 0 N–H and O–H groups in total. The number of ketones is 1. The third-order valence-corrected chi connectivity index (χ3v) is 3.52. The predicted octanol–water partition coefficient (Wildman–Crippen LogP) is 3.46. The first kappa shape index (κ1) is 16.7. The predicted molar refractivity (Wildman–Crippen MR) is 77.1 cm³/mol. The van der Waals surface area contributed by atoms with Gasteiger partial charge >= 0.3 is 5.97 Å². The van der Waals surface area contributed by atoms with Crippen molar-refractivity contribution in [3.8, 4) is 0 Å². The zero-order valence-corrected chi connectivity index (χ0v) is 12.9. The summed E-state index contributed by atoms with van der Waals surface area (Å²) in [4.78, 5) is 24.1. The molecule has 0 aliphatic heterocycles. The minimum atomic E-state index is -0.839. The second-order valence-corrected chi connectivity index (χ2v) is 6.46. The molecule has 0 aliphatic carbocycles. The molecule has 110 valence electrons. The highest BCUT2D eigenvalue weighted by atomic mass is 32.2. The first-order valence-corrected chi connectivity index (χ1v) is 7.32. The van der Waals surface area contributed by atoms with Gasteiger partial charge in [-0.3, -0.25) is 9.59 Å². The van der Waals surface area contributed by atoms with Gasteiger partial charge in [-0.15, -0.1) is 11.8 Å². The van der Waals surface area contributed by atoms with Crippen LogP contribution in [0.2, 0.25) is 0 Å². The Bertz CT molecular complexity index is 494. The van der Waals surface area contributed by atoms with Crippen LogP contribution in [0.1, 0.15) is 27.7 Å². The minimum Gasteiger partial charge on any atom is -0.459 e. The molecule has 0 aromatic heterocycles. The lowest BCUT2D eigenvalue weighted by atomic mass is 10.1. The lowest BCUT2D eigenvalue weighted by molar-refractivity contribution is -0.160. The summed E-state index contributed by atoms with van der Waals surface area (Å²) in [6.07, 6.45) is 0. The second kappa shape index (κ2) is 6.88. The number of hydrogen-bond acceptors (Lipinski definition) is 4. The lowest BCUT2D eigenvalue weighted by Crippen LogP contribution is -2.31. The molecule has 0 saturated heterocycles. The van der Waals surface area contributed by atoms with Gasteiger partial charge in [0.1, 0.15) is 17.3 Å². The van der Waals surface area contributed by atoms with E-state index in [4.69, 9.17) is 4.74 Å². The van der Waals surface area contributed by atoms with Gasteiger partial charge in [-0.2, -0.15) is 0 Å². The van der Waals surface area contributed by atoms with Crippen molar-refractivity contribution < 1.29 is 18.7 Å². The third kappa shape index (κ3) is 5.33. The van der Waals surface area contributed by atoms with E-state index in [0.717, 1.165) is 11.8 Å². The molecule has 0 heterocycles. The maximum absolute atomic E-state index is 13.4. The van der Waals surface area contributed by atoms with E-state index in [1.54, 1.807) is 39.0 Å². The highest BCUT2D eigenvalue weighted by molar-refractivity contribution is 8.00. The molecule has 0 bridgehead atoms. The van der Waals surface area contributed by atoms with Gasteiger partial charge in [0, 0.05) is 4.90 Å². The van der Waals surface area contributed by atoms with Gasteiger partial charge in [-0.1, -0.05) is 12.1 Å². The Morgan fingerprint density at radius 3 is 2.45 bits per heavy atom. The number of thioether (sulfide) groups is 1. The first-order chi connectivity index (χ1) is 9.20. The van der Waals surface area contributed by atoms with Crippen LogP contribution in [0.4, 0.5) is 4.39 Å². The fourth-order valence-corrected chi connectivity index (χ4v) is 2.29. The van der Waals surface area contributed by atoms with Crippen LogP contribution in [0.25, 0.3) is 0 Å². The monoisotopic (exact) mass is 298 g/mol. The largest absolute Gasteiger partial charge is 0.459 e. The Kier molecular flexibility index (Phi) is 5.74. The van der Waals surface area contributed by atoms with E-state index in [1.165, 1.54) is 13.0 Å². The van der Waals surface area contributed by atoms with Gasteiger partial charge in [0.25, 0.3) is 0 Å². The third-order valence-electron chi connectivity index (χ3n) is 2.45. The molecular formula is C15H19FO3S. The first-order valence-electron chi connectivity index (χ1n) is 6.33. The SMILES string of the molecule is CC(C(=O)CSc1ccccc1F)C(=O)OC(C)(C)C. The van der Waals surface area contributed by atoms with Crippen molar-refractivity contribution in [1.82, 2.24) is 0 Å². The van der Waals surface area contributed by atoms with Gasteiger partial charge in [0.05, 0.1) is 5.75 Å². The number of carbonyl (C=O) groups is 2. The molecule has 20 heavy (non-hydrogen) atoms. The Morgan fingerprint density at radius 1 is 1.30 bits per heavy atom. The van der Waals surface area contributed by atoms with Crippen LogP contribution in [0.3, 0.4) is 0 Å². The van der Waals surface area contributed by atoms with Gasteiger partial charge in [0.2, 0.25) is 0 Å². The summed E-state index contributed by atoms with van der Waals surface area (Å²) in [5, 5.41) is 0. The van der Waals surface area contributed by atoms with E-state index in [9.17, 15) is 14.0 Å². The summed E-state index contributed by atoms with van der Waals surface area (Å²) in [5.74, 6) is -1.98. The Morgan fingerprint density at radius 2 is 1.90 bits per heavy atom. The van der Waals surface area contributed by atoms with E-state index in [0.29, 0.717) is 4.90 Å². The summed E-state index contributed by atoms with van der Waals surface area (Å²) in [6, 6.07) is 6.23. The molecule has 3 nitrogen and oxygen atoms in total. The number of benzene rings is 1. The summed E-state index contributed by atoms with van der Waals surface area (Å²) >= 11 is 1.09. The maximum atomic E-state index is 13.4. The van der Waals surface area contributed by atoms with Gasteiger partial charge in [0.15, 0.2) is 5.78 Å². The zero-order chi connectivity index (χ0) is 15.3. The van der Waals surface area contributed by atoms with E-state index in [-0.39, 0.29) is 17.4 Å². The number of esters is 1. The summed E-state index contributed by atoms with van der Waals surface area (Å²) in [5.41, 5.74) is -0.621. The highest BCUT2D eigenvalue weighted by Gasteiger charge is 2.27. The molecular weight excluding hydrogens is 279 g/mol. The smallest absolute Gasteiger partial charge is 0.316 e. The number of carbonyl (C=O) groups excluding carboxylic acids is 2. The summed E-state index contributed by atoms with van der Waals surface area (Å²) in [6.45, 7) is 6.75. The highest BCUT2D eigenvalue weighted by Crippen LogP contribution is 2.22. The van der Waals surface area contributed by atoms with Crippen LogP contribution in [-0.2, 0) is 14.3 Å². The van der Waals surface area contributed by atoms with Crippen LogP contribution in [0.5, 0.6) is 0 Å². The van der Waals surface area contributed by atoms with E-state index >= 15 is 0 Å². The summed E-state index contributed by atoms with van der Waals surface area (Å²) in [7, 11) is 0. The Balaban J connectivity index is 2.55. The minimum absolute atomic E-state index is 0.0430. The van der Waals surface area contributed by atoms with Crippen molar-refractivity contribution in [2.45, 2.75) is 38.2 Å². The van der Waals surface area contributed by atoms with Crippen molar-refractivity contribution in [2.24, 2.45) is 5.92 Å². The maximum Gasteiger partial charge on any atom is 0.316 e. The molecule has 0 amide bonds. The van der Waals surface area contributed by atoms with Gasteiger partial charge in [-0.25, -0.2) is 4.39 Å². The molecule has 1 unspecified atom stereocenters. The molecule has 1 aromatic rings. The molecule has 0 fully saturated rings. The Hall–Kier alpha value is -1.36. The quantitative estimate of drug-likeness (QED) is 0.474. The van der Waals surface area contributed by atoms with Crippen LogP contribution < -0.4 is 0 Å². The van der Waals surface area contributed by atoms with Crippen LogP contribution >= 0.6 is 11.8 Å². The molecule has 0 spiro atoms. The fraction of sp³-hybridized carbons (Fsp3) is 0.467. The number of halogens is 1. The van der Waals surface area contributed by atoms with Crippen LogP contribution in [0.15, 0.2) is 29.2 Å². The van der Waals surface area contributed by atoms with Crippen molar-refractivity contribution in [1.29, 1.82) is 0 Å².